The SMILES string of the molecule is O=C1CC[C@@H](CN(Cc2ccccc2)C(=O)c2cc(C(c3ccccc3)c3ccccc3)no2)N1. The maximum absolute atomic E-state index is 13.6. The Bertz CT molecular complexity index is 1230. The molecule has 2 heterocycles. The zero-order valence-electron chi connectivity index (χ0n) is 19.3. The van der Waals surface area contributed by atoms with Crippen molar-refractivity contribution in [1.82, 2.24) is 15.4 Å². The van der Waals surface area contributed by atoms with Gasteiger partial charge >= 0.3 is 0 Å². The Hall–Kier alpha value is -4.19. The maximum Gasteiger partial charge on any atom is 0.292 e. The predicted molar refractivity (Wildman–Crippen MR) is 133 cm³/mol. The van der Waals surface area contributed by atoms with Crippen molar-refractivity contribution in [3.63, 3.8) is 0 Å². The molecule has 0 saturated carbocycles. The molecule has 1 fully saturated rings. The van der Waals surface area contributed by atoms with Crippen molar-refractivity contribution >= 4 is 11.8 Å². The van der Waals surface area contributed by atoms with Crippen molar-refractivity contribution < 1.29 is 14.1 Å². The normalized spacial score (nSPS) is 15.2. The van der Waals surface area contributed by atoms with Gasteiger partial charge in [0.2, 0.25) is 11.7 Å². The van der Waals surface area contributed by atoms with Crippen molar-refractivity contribution in [3.8, 4) is 0 Å². The molecule has 2 amide bonds. The molecule has 1 aliphatic rings. The molecule has 1 aliphatic heterocycles. The molecule has 176 valence electrons. The number of aromatic nitrogens is 1. The first-order valence-electron chi connectivity index (χ1n) is 11.9. The summed E-state index contributed by atoms with van der Waals surface area (Å²) in [5, 5.41) is 7.30. The highest BCUT2D eigenvalue weighted by atomic mass is 16.5. The molecular weight excluding hydrogens is 438 g/mol. The van der Waals surface area contributed by atoms with Gasteiger partial charge in [-0.2, -0.15) is 0 Å². The number of nitrogens with zero attached hydrogens (tertiary/aromatic N) is 2. The molecule has 1 atom stereocenters. The molecule has 0 bridgehead atoms. The van der Waals surface area contributed by atoms with Gasteiger partial charge in [-0.3, -0.25) is 9.59 Å². The van der Waals surface area contributed by atoms with Crippen LogP contribution in [0.2, 0.25) is 0 Å². The average Bonchev–Trinajstić information content (AvgIpc) is 3.55. The van der Waals surface area contributed by atoms with E-state index in [0.717, 1.165) is 16.7 Å². The number of hydrogen-bond donors (Lipinski definition) is 1. The standard InChI is InChI=1S/C29H27N3O3/c33-27-17-16-24(30-27)20-32(19-21-10-4-1-5-11-21)29(34)26-18-25(31-35-26)28(22-12-6-2-7-13-22)23-14-8-3-9-15-23/h1-15,18,24,28H,16-17,19-20H2,(H,30,33)/t24-/m0/s1. The average molecular weight is 466 g/mol. The first kappa shape index (κ1) is 22.6. The molecule has 1 aromatic heterocycles. The van der Waals surface area contributed by atoms with Crippen molar-refractivity contribution in [2.24, 2.45) is 0 Å². The second kappa shape index (κ2) is 10.4. The Morgan fingerprint density at radius 1 is 0.943 bits per heavy atom. The van der Waals surface area contributed by atoms with Gasteiger partial charge in [0.05, 0.1) is 11.6 Å². The molecule has 6 heteroatoms. The van der Waals surface area contributed by atoms with Gasteiger partial charge in [0, 0.05) is 31.6 Å². The van der Waals surface area contributed by atoms with Gasteiger partial charge in [0.15, 0.2) is 0 Å². The number of nitrogens with one attached hydrogen (secondary N) is 1. The predicted octanol–water partition coefficient (Wildman–Crippen LogP) is 4.78. The minimum atomic E-state index is -0.242. The van der Waals surface area contributed by atoms with Crippen LogP contribution in [0.1, 0.15) is 51.7 Å². The van der Waals surface area contributed by atoms with Crippen molar-refractivity contribution in [2.45, 2.75) is 31.3 Å². The fourth-order valence-electron chi connectivity index (χ4n) is 4.61. The van der Waals surface area contributed by atoms with Crippen LogP contribution in [0, 0.1) is 0 Å². The number of rotatable bonds is 8. The highest BCUT2D eigenvalue weighted by Crippen LogP contribution is 2.31. The molecule has 0 spiro atoms. The Morgan fingerprint density at radius 2 is 1.54 bits per heavy atom. The van der Waals surface area contributed by atoms with Crippen LogP contribution in [-0.2, 0) is 11.3 Å². The molecule has 0 unspecified atom stereocenters. The largest absolute Gasteiger partial charge is 0.352 e. The molecule has 4 aromatic rings. The highest BCUT2D eigenvalue weighted by molar-refractivity contribution is 5.91. The van der Waals surface area contributed by atoms with Crippen LogP contribution in [0.3, 0.4) is 0 Å². The maximum atomic E-state index is 13.6. The summed E-state index contributed by atoms with van der Waals surface area (Å²) in [6, 6.07) is 31.7. The van der Waals surface area contributed by atoms with Crippen LogP contribution in [0.5, 0.6) is 0 Å². The molecule has 35 heavy (non-hydrogen) atoms. The van der Waals surface area contributed by atoms with E-state index in [9.17, 15) is 9.59 Å². The molecule has 0 aliphatic carbocycles. The van der Waals surface area contributed by atoms with Crippen LogP contribution < -0.4 is 5.32 Å². The zero-order chi connectivity index (χ0) is 24.0. The van der Waals surface area contributed by atoms with Crippen LogP contribution in [0.15, 0.2) is 102 Å². The van der Waals surface area contributed by atoms with E-state index >= 15 is 0 Å². The van der Waals surface area contributed by atoms with Gasteiger partial charge < -0.3 is 14.7 Å². The number of benzene rings is 3. The van der Waals surface area contributed by atoms with Crippen LogP contribution in [0.25, 0.3) is 0 Å². The summed E-state index contributed by atoms with van der Waals surface area (Å²) in [5.74, 6) is -0.178. The summed E-state index contributed by atoms with van der Waals surface area (Å²) in [6.07, 6.45) is 1.20. The summed E-state index contributed by atoms with van der Waals surface area (Å²) in [4.78, 5) is 27.1. The van der Waals surface area contributed by atoms with Crippen LogP contribution in [-0.4, -0.2) is 34.5 Å². The number of hydrogen-bond acceptors (Lipinski definition) is 4. The third kappa shape index (κ3) is 5.32. The smallest absolute Gasteiger partial charge is 0.292 e. The minimum absolute atomic E-state index is 0.0256. The lowest BCUT2D eigenvalue weighted by Crippen LogP contribution is -2.41. The summed E-state index contributed by atoms with van der Waals surface area (Å²) in [6.45, 7) is 0.833. The second-order valence-electron chi connectivity index (χ2n) is 8.84. The van der Waals surface area contributed by atoms with Gasteiger partial charge in [-0.1, -0.05) is 96.2 Å². The Balaban J connectivity index is 1.44. The van der Waals surface area contributed by atoms with E-state index in [1.54, 1.807) is 11.0 Å². The van der Waals surface area contributed by atoms with E-state index in [0.29, 0.717) is 31.6 Å². The topological polar surface area (TPSA) is 75.4 Å². The van der Waals surface area contributed by atoms with Gasteiger partial charge in [-0.25, -0.2) is 0 Å². The molecule has 5 rings (SSSR count). The lowest BCUT2D eigenvalue weighted by Gasteiger charge is -2.25. The van der Waals surface area contributed by atoms with E-state index in [4.69, 9.17) is 4.52 Å². The fourth-order valence-corrected chi connectivity index (χ4v) is 4.61. The molecule has 1 N–H and O–H groups in total. The van der Waals surface area contributed by atoms with Crippen LogP contribution in [0.4, 0.5) is 0 Å². The summed E-state index contributed by atoms with van der Waals surface area (Å²) in [7, 11) is 0. The quantitative estimate of drug-likeness (QED) is 0.407. The third-order valence-corrected chi connectivity index (χ3v) is 6.33. The van der Waals surface area contributed by atoms with Gasteiger partial charge in [0.1, 0.15) is 0 Å². The summed E-state index contributed by atoms with van der Waals surface area (Å²) < 4.78 is 5.63. The van der Waals surface area contributed by atoms with E-state index in [-0.39, 0.29) is 29.5 Å². The van der Waals surface area contributed by atoms with Crippen LogP contribution >= 0.6 is 0 Å². The summed E-state index contributed by atoms with van der Waals surface area (Å²) >= 11 is 0. The third-order valence-electron chi connectivity index (χ3n) is 6.33. The van der Waals surface area contributed by atoms with Gasteiger partial charge in [-0.05, 0) is 23.1 Å². The Labute approximate surface area is 204 Å². The van der Waals surface area contributed by atoms with E-state index < -0.39 is 0 Å². The van der Waals surface area contributed by atoms with Gasteiger partial charge in [0.25, 0.3) is 5.91 Å². The molecular formula is C29H27N3O3. The Morgan fingerprint density at radius 3 is 2.11 bits per heavy atom. The number of carbonyl (C=O) groups excluding carboxylic acids is 2. The molecule has 1 saturated heterocycles. The lowest BCUT2D eigenvalue weighted by molar-refractivity contribution is -0.119. The highest BCUT2D eigenvalue weighted by Gasteiger charge is 2.29. The zero-order valence-corrected chi connectivity index (χ0v) is 19.3. The minimum Gasteiger partial charge on any atom is -0.352 e. The van der Waals surface area contributed by atoms with Crippen molar-refractivity contribution in [3.05, 3.63) is 125 Å². The fraction of sp³-hybridized carbons (Fsp3) is 0.207. The molecule has 3 aromatic carbocycles. The van der Waals surface area contributed by atoms with Crippen molar-refractivity contribution in [1.29, 1.82) is 0 Å². The number of amides is 2. The summed E-state index contributed by atoms with van der Waals surface area (Å²) in [5.41, 5.74) is 3.83. The van der Waals surface area contributed by atoms with Crippen molar-refractivity contribution in [2.75, 3.05) is 6.54 Å². The van der Waals surface area contributed by atoms with Gasteiger partial charge in [-0.15, -0.1) is 0 Å². The lowest BCUT2D eigenvalue weighted by atomic mass is 9.88. The van der Waals surface area contributed by atoms with E-state index in [1.807, 2.05) is 66.7 Å². The van der Waals surface area contributed by atoms with E-state index in [1.165, 1.54) is 0 Å². The molecule has 6 nitrogen and oxygen atoms in total. The molecule has 0 radical (unpaired) electrons. The Kier molecular flexibility index (Phi) is 6.70. The monoisotopic (exact) mass is 465 g/mol. The first-order valence-corrected chi connectivity index (χ1v) is 11.9. The second-order valence-corrected chi connectivity index (χ2v) is 8.84. The first-order chi connectivity index (χ1) is 17.2. The van der Waals surface area contributed by atoms with E-state index in [2.05, 4.69) is 34.7 Å². The number of carbonyl (C=O) groups is 2.